The van der Waals surface area contributed by atoms with Gasteiger partial charge in [-0.15, -0.1) is 0 Å². The van der Waals surface area contributed by atoms with Crippen LogP contribution in [0, 0.1) is 18.3 Å². The van der Waals surface area contributed by atoms with Gasteiger partial charge in [0, 0.05) is 28.4 Å². The fourth-order valence-electron chi connectivity index (χ4n) is 3.47. The Hall–Kier alpha value is -3.99. The maximum Gasteiger partial charge on any atom is 0.429 e. The highest BCUT2D eigenvalue weighted by Crippen LogP contribution is 2.28. The number of nitrogens with one attached hydrogen (secondary N) is 1. The van der Waals surface area contributed by atoms with E-state index in [1.807, 2.05) is 6.07 Å². The molecule has 1 atom stereocenters. The number of hydrogen-bond acceptors (Lipinski definition) is 8. The molecule has 0 aromatic heterocycles. The van der Waals surface area contributed by atoms with Crippen LogP contribution in [0.4, 0.5) is 10.5 Å². The van der Waals surface area contributed by atoms with Crippen LogP contribution in [0.15, 0.2) is 54.6 Å². The number of methoxy groups -OCH3 is 1. The van der Waals surface area contributed by atoms with E-state index in [9.17, 15) is 28.4 Å². The number of rotatable bonds is 11. The molecule has 14 heteroatoms. The van der Waals surface area contributed by atoms with Crippen molar-refractivity contribution in [1.82, 2.24) is 4.31 Å². The number of benzene rings is 3. The van der Waals surface area contributed by atoms with Gasteiger partial charge in [0.05, 0.1) is 30.3 Å². The molecular weight excluding hydrogens is 597 g/mol. The number of anilines is 1. The monoisotopic (exact) mass is 619 g/mol. The van der Waals surface area contributed by atoms with Crippen LogP contribution in [0.2, 0.25) is 10.0 Å². The summed E-state index contributed by atoms with van der Waals surface area (Å²) in [6.45, 7) is 1.05. The fraction of sp³-hybridized carbons (Fsp3) is 0.185. The van der Waals surface area contributed by atoms with E-state index in [1.165, 1.54) is 61.7 Å². The first-order chi connectivity index (χ1) is 19.5. The number of halogens is 2. The van der Waals surface area contributed by atoms with Crippen molar-refractivity contribution < 1.29 is 37.4 Å². The van der Waals surface area contributed by atoms with E-state index in [2.05, 4.69) is 5.32 Å². The van der Waals surface area contributed by atoms with Crippen LogP contribution in [0.25, 0.3) is 0 Å². The molecule has 1 unspecified atom stereocenters. The Morgan fingerprint density at radius 1 is 1.07 bits per heavy atom. The van der Waals surface area contributed by atoms with Crippen molar-refractivity contribution in [2.24, 2.45) is 0 Å². The van der Waals surface area contributed by atoms with Gasteiger partial charge in [-0.05, 0) is 67.1 Å². The number of carbonyl (C=O) groups excluding carboxylic acids is 3. The van der Waals surface area contributed by atoms with Gasteiger partial charge >= 0.3 is 6.09 Å². The Labute approximate surface area is 247 Å². The van der Waals surface area contributed by atoms with Crippen LogP contribution >= 0.6 is 23.2 Å². The summed E-state index contributed by atoms with van der Waals surface area (Å²) < 4.78 is 36.9. The zero-order valence-corrected chi connectivity index (χ0v) is 24.0. The summed E-state index contributed by atoms with van der Waals surface area (Å²) in [5.41, 5.74) is 1.33. The third kappa shape index (κ3) is 8.75. The van der Waals surface area contributed by atoms with Gasteiger partial charge in [0.2, 0.25) is 0 Å². The van der Waals surface area contributed by atoms with E-state index >= 15 is 0 Å². The highest BCUT2D eigenvalue weighted by molar-refractivity contribution is 7.77. The first kappa shape index (κ1) is 31.5. The zero-order chi connectivity index (χ0) is 30.1. The van der Waals surface area contributed by atoms with Crippen molar-refractivity contribution in [3.05, 3.63) is 86.9 Å². The molecule has 0 aliphatic heterocycles. The lowest BCUT2D eigenvalue weighted by Crippen LogP contribution is -2.37. The predicted molar refractivity (Wildman–Crippen MR) is 152 cm³/mol. The minimum absolute atomic E-state index is 0.0296. The van der Waals surface area contributed by atoms with Gasteiger partial charge in [0.15, 0.2) is 12.4 Å². The standard InChI is InChI=1S/C27H23Cl2N3O8S/c1-16-9-21(40-27(35)32(41(36)37)7-8-38-2)4-5-23(16)31-25(33)15-39-24-6-3-19(28)13-22(24)26(34)18-10-17(14-30)11-20(29)12-18/h3-6,9-13H,7-8,15H2,1-2H3,(H,31,33)(H,36,37). The van der Waals surface area contributed by atoms with Gasteiger partial charge in [-0.25, -0.2) is 13.3 Å². The number of ether oxygens (including phenoxy) is 3. The lowest BCUT2D eigenvalue weighted by atomic mass is 10.0. The smallest absolute Gasteiger partial charge is 0.429 e. The number of aryl methyl sites for hydroxylation is 1. The summed E-state index contributed by atoms with van der Waals surface area (Å²) in [6, 6.07) is 14.8. The van der Waals surface area contributed by atoms with E-state index in [4.69, 9.17) is 37.4 Å². The largest absolute Gasteiger partial charge is 0.483 e. The molecule has 0 aliphatic rings. The average molecular weight is 620 g/mol. The Balaban J connectivity index is 1.68. The number of nitrogens with zero attached hydrogens (tertiary/aromatic N) is 2. The molecule has 3 aromatic carbocycles. The minimum Gasteiger partial charge on any atom is -0.483 e. The lowest BCUT2D eigenvalue weighted by molar-refractivity contribution is -0.118. The Morgan fingerprint density at radius 2 is 1.83 bits per heavy atom. The van der Waals surface area contributed by atoms with E-state index in [-0.39, 0.29) is 51.4 Å². The van der Waals surface area contributed by atoms with Crippen molar-refractivity contribution in [3.8, 4) is 17.6 Å². The Kier molecular flexibility index (Phi) is 11.2. The second-order valence-electron chi connectivity index (χ2n) is 8.32. The second kappa shape index (κ2) is 14.6. The molecule has 0 saturated heterocycles. The Bertz CT molecular complexity index is 1540. The lowest BCUT2D eigenvalue weighted by Gasteiger charge is -2.17. The van der Waals surface area contributed by atoms with Gasteiger partial charge in [0.1, 0.15) is 11.5 Å². The normalized spacial score (nSPS) is 11.2. The first-order valence-electron chi connectivity index (χ1n) is 11.7. The predicted octanol–water partition coefficient (Wildman–Crippen LogP) is 5.01. The van der Waals surface area contributed by atoms with Gasteiger partial charge in [0.25, 0.3) is 17.2 Å². The van der Waals surface area contributed by atoms with Crippen LogP contribution in [-0.2, 0) is 20.8 Å². The van der Waals surface area contributed by atoms with Gasteiger partial charge in [-0.3, -0.25) is 14.1 Å². The number of ketones is 1. The molecule has 214 valence electrons. The van der Waals surface area contributed by atoms with E-state index < -0.39 is 35.7 Å². The minimum atomic E-state index is -2.60. The van der Waals surface area contributed by atoms with Crippen molar-refractivity contribution in [3.63, 3.8) is 0 Å². The summed E-state index contributed by atoms with van der Waals surface area (Å²) in [6.07, 6.45) is -1.05. The number of amides is 2. The maximum absolute atomic E-state index is 13.2. The summed E-state index contributed by atoms with van der Waals surface area (Å²) >= 11 is 9.52. The van der Waals surface area contributed by atoms with Crippen LogP contribution in [0.3, 0.4) is 0 Å². The topological polar surface area (TPSA) is 155 Å². The average Bonchev–Trinajstić information content (AvgIpc) is 2.93. The van der Waals surface area contributed by atoms with Crippen molar-refractivity contribution in [2.45, 2.75) is 6.92 Å². The summed E-state index contributed by atoms with van der Waals surface area (Å²) in [7, 11) is 1.38. The van der Waals surface area contributed by atoms with Gasteiger partial charge in [-0.2, -0.15) is 5.26 Å². The number of carbonyl (C=O) groups is 3. The first-order valence-corrected chi connectivity index (χ1v) is 13.5. The third-order valence-corrected chi connectivity index (χ3v) is 6.56. The zero-order valence-electron chi connectivity index (χ0n) is 21.7. The molecule has 0 bridgehead atoms. The van der Waals surface area contributed by atoms with Crippen LogP contribution in [-0.4, -0.2) is 57.7 Å². The van der Waals surface area contributed by atoms with Crippen molar-refractivity contribution in [1.29, 1.82) is 5.26 Å². The van der Waals surface area contributed by atoms with Gasteiger partial charge in [-0.1, -0.05) is 23.2 Å². The molecule has 11 nitrogen and oxygen atoms in total. The summed E-state index contributed by atoms with van der Waals surface area (Å²) in [5, 5.41) is 12.3. The molecule has 0 aliphatic carbocycles. The second-order valence-corrected chi connectivity index (χ2v) is 10.1. The number of nitriles is 1. The molecule has 3 rings (SSSR count). The molecule has 0 saturated carbocycles. The van der Waals surface area contributed by atoms with E-state index in [0.29, 0.717) is 15.6 Å². The molecule has 0 fully saturated rings. The van der Waals surface area contributed by atoms with E-state index in [1.54, 1.807) is 6.92 Å². The van der Waals surface area contributed by atoms with Crippen LogP contribution in [0.5, 0.6) is 11.5 Å². The maximum atomic E-state index is 13.2. The summed E-state index contributed by atoms with van der Waals surface area (Å²) in [5.74, 6) is -0.887. The SMILES string of the molecule is COCCN(C(=O)Oc1ccc(NC(=O)COc2ccc(Cl)cc2C(=O)c2cc(Cl)cc(C#N)c2)c(C)c1)S(=O)O. The van der Waals surface area contributed by atoms with Crippen molar-refractivity contribution >= 4 is 57.9 Å². The molecule has 2 amide bonds. The van der Waals surface area contributed by atoms with Gasteiger partial charge < -0.3 is 19.5 Å². The molecule has 41 heavy (non-hydrogen) atoms. The fourth-order valence-corrected chi connectivity index (χ4v) is 4.28. The molecule has 0 heterocycles. The number of hydrogen-bond donors (Lipinski definition) is 2. The van der Waals surface area contributed by atoms with Crippen LogP contribution in [0.1, 0.15) is 27.0 Å². The Morgan fingerprint density at radius 3 is 2.49 bits per heavy atom. The van der Waals surface area contributed by atoms with Crippen molar-refractivity contribution in [2.75, 3.05) is 32.2 Å². The third-order valence-electron chi connectivity index (χ3n) is 5.40. The molecule has 2 N–H and O–H groups in total. The highest BCUT2D eigenvalue weighted by Gasteiger charge is 2.22. The highest BCUT2D eigenvalue weighted by atomic mass is 35.5. The van der Waals surface area contributed by atoms with Crippen LogP contribution < -0.4 is 14.8 Å². The molecule has 0 radical (unpaired) electrons. The molecule has 3 aromatic rings. The molecule has 0 spiro atoms. The van der Waals surface area contributed by atoms with E-state index in [0.717, 1.165) is 0 Å². The quantitative estimate of drug-likeness (QED) is 0.222. The molecular formula is C27H23Cl2N3O8S. The summed E-state index contributed by atoms with van der Waals surface area (Å²) in [4.78, 5) is 38.1.